The topological polar surface area (TPSA) is 46.1 Å². The Kier molecular flexibility index (Phi) is 5.69. The fourth-order valence-electron chi connectivity index (χ4n) is 2.72. The molecule has 1 aromatic heterocycles. The van der Waals surface area contributed by atoms with Crippen LogP contribution in [-0.2, 0) is 19.6 Å². The molecule has 2 N–H and O–H groups in total. The van der Waals surface area contributed by atoms with Crippen LogP contribution < -0.4 is 10.6 Å². The van der Waals surface area contributed by atoms with Crippen LogP contribution in [0.2, 0.25) is 0 Å². The molecule has 3 aromatic rings. The Morgan fingerprint density at radius 3 is 2.50 bits per heavy atom. The summed E-state index contributed by atoms with van der Waals surface area (Å²) in [6.07, 6.45) is 1.92. The number of carbonyl (C=O) groups excluding carboxylic acids is 1. The van der Waals surface area contributed by atoms with E-state index in [0.29, 0.717) is 19.6 Å². The van der Waals surface area contributed by atoms with Crippen LogP contribution >= 0.6 is 0 Å². The van der Waals surface area contributed by atoms with Crippen LogP contribution in [0, 0.1) is 12.7 Å². The quantitative estimate of drug-likeness (QED) is 0.693. The molecule has 5 heteroatoms. The average molecular weight is 351 g/mol. The van der Waals surface area contributed by atoms with Gasteiger partial charge in [0.1, 0.15) is 5.82 Å². The van der Waals surface area contributed by atoms with Gasteiger partial charge in [0.15, 0.2) is 0 Å². The smallest absolute Gasteiger partial charge is 0.315 e. The second-order valence-corrected chi connectivity index (χ2v) is 6.28. The van der Waals surface area contributed by atoms with E-state index in [-0.39, 0.29) is 11.8 Å². The third-order valence-corrected chi connectivity index (χ3v) is 4.17. The zero-order valence-electron chi connectivity index (χ0n) is 14.7. The van der Waals surface area contributed by atoms with Crippen molar-refractivity contribution in [3.63, 3.8) is 0 Å². The highest BCUT2D eigenvalue weighted by molar-refractivity contribution is 5.73. The summed E-state index contributed by atoms with van der Waals surface area (Å²) in [7, 11) is 0. The molecule has 3 rings (SSSR count). The molecule has 0 saturated heterocycles. The summed E-state index contributed by atoms with van der Waals surface area (Å²) in [6.45, 7) is 3.48. The van der Waals surface area contributed by atoms with Gasteiger partial charge in [0.25, 0.3) is 0 Å². The van der Waals surface area contributed by atoms with Gasteiger partial charge in [-0.05, 0) is 42.3 Å². The maximum atomic E-state index is 13.3. The highest BCUT2D eigenvalue weighted by atomic mass is 19.1. The van der Waals surface area contributed by atoms with Crippen molar-refractivity contribution in [2.75, 3.05) is 0 Å². The van der Waals surface area contributed by atoms with Crippen LogP contribution in [0.25, 0.3) is 0 Å². The second-order valence-electron chi connectivity index (χ2n) is 6.28. The molecule has 0 atom stereocenters. The van der Waals surface area contributed by atoms with Crippen LogP contribution in [0.15, 0.2) is 66.9 Å². The van der Waals surface area contributed by atoms with Crippen molar-refractivity contribution in [3.8, 4) is 0 Å². The molecule has 0 aliphatic carbocycles. The van der Waals surface area contributed by atoms with Crippen LogP contribution in [0.4, 0.5) is 9.18 Å². The summed E-state index contributed by atoms with van der Waals surface area (Å²) in [6, 6.07) is 18.2. The molecule has 2 amide bonds. The van der Waals surface area contributed by atoms with Gasteiger partial charge in [-0.3, -0.25) is 0 Å². The van der Waals surface area contributed by atoms with E-state index in [1.807, 2.05) is 60.2 Å². The maximum Gasteiger partial charge on any atom is 0.315 e. The van der Waals surface area contributed by atoms with Crippen molar-refractivity contribution in [1.82, 2.24) is 15.2 Å². The number of benzene rings is 2. The molecule has 4 nitrogen and oxygen atoms in total. The minimum absolute atomic E-state index is 0.218. The number of urea groups is 1. The van der Waals surface area contributed by atoms with Crippen molar-refractivity contribution in [2.45, 2.75) is 26.6 Å². The SMILES string of the molecule is Cc1ccc(CNC(=O)NCc2cccn2Cc2cccc(F)c2)cc1. The molecular weight excluding hydrogens is 329 g/mol. The molecule has 0 aliphatic heterocycles. The summed E-state index contributed by atoms with van der Waals surface area (Å²) in [5.41, 5.74) is 4.09. The number of halogens is 1. The molecule has 0 saturated carbocycles. The average Bonchev–Trinajstić information content (AvgIpc) is 3.06. The lowest BCUT2D eigenvalue weighted by Gasteiger charge is -2.11. The van der Waals surface area contributed by atoms with Crippen LogP contribution in [0.5, 0.6) is 0 Å². The molecule has 0 aliphatic rings. The Labute approximate surface area is 152 Å². The fourth-order valence-corrected chi connectivity index (χ4v) is 2.72. The first kappa shape index (κ1) is 17.7. The number of aryl methyl sites for hydroxylation is 1. The molecule has 0 bridgehead atoms. The zero-order chi connectivity index (χ0) is 18.4. The van der Waals surface area contributed by atoms with E-state index in [0.717, 1.165) is 16.8 Å². The van der Waals surface area contributed by atoms with Gasteiger partial charge < -0.3 is 15.2 Å². The lowest BCUT2D eigenvalue weighted by atomic mass is 10.1. The number of carbonyl (C=O) groups is 1. The third kappa shape index (κ3) is 4.96. The van der Waals surface area contributed by atoms with Gasteiger partial charge in [0.2, 0.25) is 0 Å². The Hall–Kier alpha value is -3.08. The van der Waals surface area contributed by atoms with Gasteiger partial charge in [-0.15, -0.1) is 0 Å². The summed E-state index contributed by atoms with van der Waals surface area (Å²) in [5.74, 6) is -0.246. The van der Waals surface area contributed by atoms with E-state index in [9.17, 15) is 9.18 Å². The van der Waals surface area contributed by atoms with E-state index in [4.69, 9.17) is 0 Å². The monoisotopic (exact) mass is 351 g/mol. The Morgan fingerprint density at radius 2 is 1.73 bits per heavy atom. The van der Waals surface area contributed by atoms with Gasteiger partial charge >= 0.3 is 6.03 Å². The maximum absolute atomic E-state index is 13.3. The van der Waals surface area contributed by atoms with Gasteiger partial charge in [-0.2, -0.15) is 0 Å². The minimum atomic E-state index is -0.246. The van der Waals surface area contributed by atoms with Crippen molar-refractivity contribution in [2.24, 2.45) is 0 Å². The number of nitrogens with one attached hydrogen (secondary N) is 2. The highest BCUT2D eigenvalue weighted by Crippen LogP contribution is 2.09. The number of rotatable bonds is 6. The molecule has 134 valence electrons. The molecule has 0 unspecified atom stereocenters. The third-order valence-electron chi connectivity index (χ3n) is 4.17. The van der Waals surface area contributed by atoms with Crippen molar-refractivity contribution in [3.05, 3.63) is 95.1 Å². The van der Waals surface area contributed by atoms with Crippen LogP contribution in [-0.4, -0.2) is 10.6 Å². The number of hydrogen-bond donors (Lipinski definition) is 2. The highest BCUT2D eigenvalue weighted by Gasteiger charge is 2.05. The Balaban J connectivity index is 1.51. The summed E-state index contributed by atoms with van der Waals surface area (Å²) in [5, 5.41) is 5.71. The largest absolute Gasteiger partial charge is 0.345 e. The van der Waals surface area contributed by atoms with E-state index in [1.54, 1.807) is 6.07 Å². The fraction of sp³-hybridized carbons (Fsp3) is 0.190. The van der Waals surface area contributed by atoms with Gasteiger partial charge in [0.05, 0.1) is 6.54 Å². The normalized spacial score (nSPS) is 10.5. The predicted molar refractivity (Wildman–Crippen MR) is 100 cm³/mol. The van der Waals surface area contributed by atoms with Crippen molar-refractivity contribution in [1.29, 1.82) is 0 Å². The van der Waals surface area contributed by atoms with E-state index >= 15 is 0 Å². The van der Waals surface area contributed by atoms with E-state index < -0.39 is 0 Å². The predicted octanol–water partition coefficient (Wildman–Crippen LogP) is 3.98. The molecule has 0 radical (unpaired) electrons. The van der Waals surface area contributed by atoms with E-state index in [2.05, 4.69) is 10.6 Å². The zero-order valence-corrected chi connectivity index (χ0v) is 14.7. The number of amides is 2. The Bertz CT molecular complexity index is 871. The molecule has 2 aromatic carbocycles. The van der Waals surface area contributed by atoms with Crippen LogP contribution in [0.3, 0.4) is 0 Å². The first-order chi connectivity index (χ1) is 12.6. The Morgan fingerprint density at radius 1 is 0.962 bits per heavy atom. The van der Waals surface area contributed by atoms with Crippen molar-refractivity contribution >= 4 is 6.03 Å². The first-order valence-electron chi connectivity index (χ1n) is 8.56. The lowest BCUT2D eigenvalue weighted by molar-refractivity contribution is 0.240. The number of aromatic nitrogens is 1. The van der Waals surface area contributed by atoms with Crippen LogP contribution in [0.1, 0.15) is 22.4 Å². The summed E-state index contributed by atoms with van der Waals surface area (Å²) < 4.78 is 15.3. The molecule has 0 fully saturated rings. The standard InChI is InChI=1S/C21H22FN3O/c1-16-7-9-17(10-8-16)13-23-21(26)24-14-20-6-3-11-25(20)15-18-4-2-5-19(22)12-18/h2-12H,13-15H2,1H3,(H2,23,24,26). The molecule has 0 spiro atoms. The molecular formula is C21H22FN3O. The van der Waals surface area contributed by atoms with Gasteiger partial charge in [0, 0.05) is 25.0 Å². The van der Waals surface area contributed by atoms with Gasteiger partial charge in [-0.25, -0.2) is 9.18 Å². The first-order valence-corrected chi connectivity index (χ1v) is 8.56. The molecule has 1 heterocycles. The summed E-state index contributed by atoms with van der Waals surface area (Å²) in [4.78, 5) is 12.0. The van der Waals surface area contributed by atoms with E-state index in [1.165, 1.54) is 17.7 Å². The molecule has 26 heavy (non-hydrogen) atoms. The minimum Gasteiger partial charge on any atom is -0.345 e. The lowest BCUT2D eigenvalue weighted by Crippen LogP contribution is -2.35. The summed E-state index contributed by atoms with van der Waals surface area (Å²) >= 11 is 0. The van der Waals surface area contributed by atoms with Crippen molar-refractivity contribution < 1.29 is 9.18 Å². The second kappa shape index (κ2) is 8.34. The number of hydrogen-bond acceptors (Lipinski definition) is 1. The number of nitrogens with zero attached hydrogens (tertiary/aromatic N) is 1. The van der Waals surface area contributed by atoms with Gasteiger partial charge in [-0.1, -0.05) is 42.0 Å².